The van der Waals surface area contributed by atoms with Gasteiger partial charge < -0.3 is 9.52 Å². The molecule has 0 atom stereocenters. The Morgan fingerprint density at radius 2 is 2.06 bits per heavy atom. The first-order valence-electron chi connectivity index (χ1n) is 5.36. The summed E-state index contributed by atoms with van der Waals surface area (Å²) in [5, 5.41) is 8.71. The lowest BCUT2D eigenvalue weighted by atomic mass is 10.1. The minimum atomic E-state index is -0.896. The zero-order valence-electron chi connectivity index (χ0n) is 9.51. The van der Waals surface area contributed by atoms with Crippen LogP contribution in [0.4, 0.5) is 0 Å². The van der Waals surface area contributed by atoms with Gasteiger partial charge in [-0.25, -0.2) is 4.98 Å². The number of carboxylic acids is 1. The van der Waals surface area contributed by atoms with Crippen molar-refractivity contribution < 1.29 is 14.3 Å². The van der Waals surface area contributed by atoms with E-state index < -0.39 is 5.97 Å². The molecule has 0 saturated carbocycles. The number of benzene rings is 1. The van der Waals surface area contributed by atoms with Crippen LogP contribution in [-0.4, -0.2) is 16.1 Å². The Morgan fingerprint density at radius 1 is 1.35 bits per heavy atom. The van der Waals surface area contributed by atoms with Crippen molar-refractivity contribution in [3.8, 4) is 0 Å². The average Bonchev–Trinajstić information content (AvgIpc) is 2.59. The van der Waals surface area contributed by atoms with Crippen molar-refractivity contribution in [3.05, 3.63) is 53.2 Å². The fourth-order valence-electron chi connectivity index (χ4n) is 1.64. The molecule has 88 valence electrons. The highest BCUT2D eigenvalue weighted by Gasteiger charge is 2.12. The normalized spacial score (nSPS) is 10.4. The van der Waals surface area contributed by atoms with Crippen molar-refractivity contribution in [2.45, 2.75) is 19.8 Å². The Hall–Kier alpha value is -2.10. The molecule has 0 radical (unpaired) electrons. The van der Waals surface area contributed by atoms with Crippen LogP contribution in [0.1, 0.15) is 22.9 Å². The molecule has 4 nitrogen and oxygen atoms in total. The summed E-state index contributed by atoms with van der Waals surface area (Å²) >= 11 is 0. The third-order valence-electron chi connectivity index (χ3n) is 2.45. The van der Waals surface area contributed by atoms with Crippen LogP contribution in [0, 0.1) is 6.92 Å². The van der Waals surface area contributed by atoms with Crippen molar-refractivity contribution in [1.82, 2.24) is 4.98 Å². The molecular weight excluding hydrogens is 218 g/mol. The summed E-state index contributed by atoms with van der Waals surface area (Å²) in [5.41, 5.74) is 1.60. The molecule has 17 heavy (non-hydrogen) atoms. The first kappa shape index (κ1) is 11.4. The highest BCUT2D eigenvalue weighted by Crippen LogP contribution is 2.14. The first-order valence-corrected chi connectivity index (χ1v) is 5.36. The van der Waals surface area contributed by atoms with Crippen LogP contribution in [0.15, 0.2) is 34.7 Å². The van der Waals surface area contributed by atoms with E-state index in [0.29, 0.717) is 23.8 Å². The molecule has 0 aliphatic heterocycles. The van der Waals surface area contributed by atoms with Crippen LogP contribution in [0.2, 0.25) is 0 Å². The Balaban J connectivity index is 2.15. The summed E-state index contributed by atoms with van der Waals surface area (Å²) in [6.45, 7) is 1.74. The number of aromatic nitrogens is 1. The molecular formula is C13H13NO3. The number of rotatable bonds is 4. The minimum Gasteiger partial charge on any atom is -0.481 e. The number of aliphatic carboxylic acids is 1. The number of carbonyl (C=O) groups is 1. The molecule has 0 saturated heterocycles. The Kier molecular flexibility index (Phi) is 3.23. The molecule has 0 aliphatic rings. The zero-order chi connectivity index (χ0) is 12.3. The van der Waals surface area contributed by atoms with Crippen LogP contribution >= 0.6 is 0 Å². The fraction of sp³-hybridized carbons (Fsp3) is 0.231. The Bertz CT molecular complexity index is 517. The van der Waals surface area contributed by atoms with Crippen molar-refractivity contribution in [3.63, 3.8) is 0 Å². The third kappa shape index (κ3) is 2.93. The van der Waals surface area contributed by atoms with E-state index in [9.17, 15) is 4.79 Å². The number of nitrogens with zero attached hydrogens (tertiary/aromatic N) is 1. The zero-order valence-corrected chi connectivity index (χ0v) is 9.51. The maximum atomic E-state index is 10.6. The van der Waals surface area contributed by atoms with Gasteiger partial charge in [0.05, 0.1) is 12.1 Å². The van der Waals surface area contributed by atoms with Crippen molar-refractivity contribution >= 4 is 5.97 Å². The topological polar surface area (TPSA) is 63.3 Å². The summed E-state index contributed by atoms with van der Waals surface area (Å²) in [6, 6.07) is 9.81. The molecule has 1 aromatic carbocycles. The largest absolute Gasteiger partial charge is 0.481 e. The number of hydrogen-bond donors (Lipinski definition) is 1. The summed E-state index contributed by atoms with van der Waals surface area (Å²) in [4.78, 5) is 14.8. The quantitative estimate of drug-likeness (QED) is 0.876. The van der Waals surface area contributed by atoms with Gasteiger partial charge >= 0.3 is 5.97 Å². The third-order valence-corrected chi connectivity index (χ3v) is 2.45. The van der Waals surface area contributed by atoms with Crippen LogP contribution in [0.5, 0.6) is 0 Å². The number of oxazole rings is 1. The van der Waals surface area contributed by atoms with Gasteiger partial charge in [-0.1, -0.05) is 30.3 Å². The first-order chi connectivity index (χ1) is 8.15. The highest BCUT2D eigenvalue weighted by molar-refractivity contribution is 5.69. The molecule has 0 fully saturated rings. The van der Waals surface area contributed by atoms with E-state index in [1.54, 1.807) is 6.92 Å². The number of aryl methyl sites for hydroxylation is 1. The fourth-order valence-corrected chi connectivity index (χ4v) is 1.64. The van der Waals surface area contributed by atoms with Gasteiger partial charge in [0.1, 0.15) is 5.76 Å². The predicted molar refractivity (Wildman–Crippen MR) is 61.8 cm³/mol. The van der Waals surface area contributed by atoms with E-state index in [4.69, 9.17) is 9.52 Å². The molecule has 0 aliphatic carbocycles. The maximum absolute atomic E-state index is 10.6. The summed E-state index contributed by atoms with van der Waals surface area (Å²) in [7, 11) is 0. The van der Waals surface area contributed by atoms with E-state index in [0.717, 1.165) is 5.56 Å². The Morgan fingerprint density at radius 3 is 2.71 bits per heavy atom. The van der Waals surface area contributed by atoms with Crippen LogP contribution in [0.3, 0.4) is 0 Å². The SMILES string of the molecule is Cc1oc(Cc2ccccc2)nc1CC(=O)O. The molecule has 0 spiro atoms. The smallest absolute Gasteiger partial charge is 0.309 e. The summed E-state index contributed by atoms with van der Waals surface area (Å²) in [6.07, 6.45) is 0.491. The van der Waals surface area contributed by atoms with E-state index in [2.05, 4.69) is 4.98 Å². The molecule has 0 unspecified atom stereocenters. The lowest BCUT2D eigenvalue weighted by Gasteiger charge is -1.95. The maximum Gasteiger partial charge on any atom is 0.309 e. The van der Waals surface area contributed by atoms with E-state index >= 15 is 0 Å². The van der Waals surface area contributed by atoms with Gasteiger partial charge in [0.25, 0.3) is 0 Å². The van der Waals surface area contributed by atoms with Crippen LogP contribution < -0.4 is 0 Å². The van der Waals surface area contributed by atoms with E-state index in [1.807, 2.05) is 30.3 Å². The molecule has 1 aromatic heterocycles. The standard InChI is InChI=1S/C13H13NO3/c1-9-11(8-13(15)16)14-12(17-9)7-10-5-3-2-4-6-10/h2-6H,7-8H2,1H3,(H,15,16). The summed E-state index contributed by atoms with van der Waals surface area (Å²) < 4.78 is 5.45. The molecule has 2 rings (SSSR count). The lowest BCUT2D eigenvalue weighted by Crippen LogP contribution is -2.01. The second-order valence-electron chi connectivity index (χ2n) is 3.84. The molecule has 1 heterocycles. The van der Waals surface area contributed by atoms with E-state index in [1.165, 1.54) is 0 Å². The lowest BCUT2D eigenvalue weighted by molar-refractivity contribution is -0.136. The second kappa shape index (κ2) is 4.82. The van der Waals surface area contributed by atoms with Gasteiger partial charge in [-0.3, -0.25) is 4.79 Å². The number of carboxylic acid groups (broad SMARTS) is 1. The van der Waals surface area contributed by atoms with Crippen molar-refractivity contribution in [2.75, 3.05) is 0 Å². The van der Waals surface area contributed by atoms with Crippen molar-refractivity contribution in [2.24, 2.45) is 0 Å². The monoisotopic (exact) mass is 231 g/mol. The van der Waals surface area contributed by atoms with Gasteiger partial charge in [-0.15, -0.1) is 0 Å². The van der Waals surface area contributed by atoms with Gasteiger partial charge in [0.15, 0.2) is 5.89 Å². The average molecular weight is 231 g/mol. The molecule has 4 heteroatoms. The molecule has 0 amide bonds. The second-order valence-corrected chi connectivity index (χ2v) is 3.84. The van der Waals surface area contributed by atoms with Gasteiger partial charge in [0, 0.05) is 6.42 Å². The van der Waals surface area contributed by atoms with Gasteiger partial charge in [-0.2, -0.15) is 0 Å². The van der Waals surface area contributed by atoms with Crippen LogP contribution in [-0.2, 0) is 17.6 Å². The molecule has 1 N–H and O–H groups in total. The highest BCUT2D eigenvalue weighted by atomic mass is 16.4. The predicted octanol–water partition coefficient (Wildman–Crippen LogP) is 2.20. The summed E-state index contributed by atoms with van der Waals surface area (Å²) in [5.74, 6) is 0.246. The van der Waals surface area contributed by atoms with Gasteiger partial charge in [0.2, 0.25) is 0 Å². The minimum absolute atomic E-state index is 0.0931. The Labute approximate surface area is 98.9 Å². The molecule has 0 bridgehead atoms. The van der Waals surface area contributed by atoms with Gasteiger partial charge in [-0.05, 0) is 12.5 Å². The molecule has 2 aromatic rings. The number of hydrogen-bond acceptors (Lipinski definition) is 3. The van der Waals surface area contributed by atoms with E-state index in [-0.39, 0.29) is 6.42 Å². The van der Waals surface area contributed by atoms with Crippen molar-refractivity contribution in [1.29, 1.82) is 0 Å². The van der Waals surface area contributed by atoms with Crippen LogP contribution in [0.25, 0.3) is 0 Å².